The molecule has 0 radical (unpaired) electrons. The maximum Gasteiger partial charge on any atom is 0.160 e. The summed E-state index contributed by atoms with van der Waals surface area (Å²) in [6, 6.07) is 10.3. The maximum absolute atomic E-state index is 8.91. The van der Waals surface area contributed by atoms with Crippen molar-refractivity contribution in [2.45, 2.75) is 57.3 Å². The lowest BCUT2D eigenvalue weighted by Gasteiger charge is -2.40. The van der Waals surface area contributed by atoms with E-state index in [2.05, 4.69) is 31.7 Å². The topological polar surface area (TPSA) is 42.2 Å². The average Bonchev–Trinajstić information content (AvgIpc) is 2.64. The lowest BCUT2D eigenvalue weighted by Crippen LogP contribution is -2.42. The number of nitrogens with zero attached hydrogens (tertiary/aromatic N) is 1. The SMILES string of the molecule is C=CCC1COC(C2CCC(c3ccc(C#N)cc3)CC2)OC1C. The highest BCUT2D eigenvalue weighted by molar-refractivity contribution is 5.33. The predicted octanol–water partition coefficient (Wildman–Crippen LogP) is 4.79. The number of hydrogen-bond donors (Lipinski definition) is 0. The van der Waals surface area contributed by atoms with E-state index < -0.39 is 0 Å². The van der Waals surface area contributed by atoms with E-state index in [9.17, 15) is 0 Å². The highest BCUT2D eigenvalue weighted by Crippen LogP contribution is 2.39. The number of hydrogen-bond acceptors (Lipinski definition) is 3. The molecule has 3 atom stereocenters. The first-order chi connectivity index (χ1) is 11.7. The smallest absolute Gasteiger partial charge is 0.160 e. The van der Waals surface area contributed by atoms with Gasteiger partial charge in [-0.05, 0) is 62.6 Å². The Labute approximate surface area is 145 Å². The van der Waals surface area contributed by atoms with Gasteiger partial charge < -0.3 is 9.47 Å². The second-order valence-corrected chi connectivity index (χ2v) is 7.17. The maximum atomic E-state index is 8.91. The van der Waals surface area contributed by atoms with Crippen LogP contribution in [0.1, 0.15) is 56.1 Å². The molecule has 1 heterocycles. The summed E-state index contributed by atoms with van der Waals surface area (Å²) in [6.07, 6.45) is 7.76. The van der Waals surface area contributed by atoms with Crippen LogP contribution < -0.4 is 0 Å². The first-order valence-corrected chi connectivity index (χ1v) is 9.09. The summed E-state index contributed by atoms with van der Waals surface area (Å²) in [5.74, 6) is 1.55. The van der Waals surface area contributed by atoms with Gasteiger partial charge in [-0.25, -0.2) is 0 Å². The Kier molecular flexibility index (Phi) is 5.71. The largest absolute Gasteiger partial charge is 0.352 e. The van der Waals surface area contributed by atoms with E-state index in [1.807, 2.05) is 18.2 Å². The predicted molar refractivity (Wildman–Crippen MR) is 94.4 cm³/mol. The Morgan fingerprint density at radius 3 is 2.50 bits per heavy atom. The van der Waals surface area contributed by atoms with Crippen molar-refractivity contribution in [1.82, 2.24) is 0 Å². The van der Waals surface area contributed by atoms with Gasteiger partial charge in [-0.3, -0.25) is 0 Å². The van der Waals surface area contributed by atoms with Crippen molar-refractivity contribution in [2.24, 2.45) is 11.8 Å². The summed E-state index contributed by atoms with van der Waals surface area (Å²) in [5, 5.41) is 8.91. The highest BCUT2D eigenvalue weighted by atomic mass is 16.7. The zero-order chi connectivity index (χ0) is 16.9. The van der Waals surface area contributed by atoms with Crippen molar-refractivity contribution in [1.29, 1.82) is 5.26 Å². The second-order valence-electron chi connectivity index (χ2n) is 7.17. The Hall–Kier alpha value is -1.63. The van der Waals surface area contributed by atoms with Crippen molar-refractivity contribution in [3.8, 4) is 6.07 Å². The molecule has 0 N–H and O–H groups in total. The zero-order valence-corrected chi connectivity index (χ0v) is 14.5. The molecule has 2 aliphatic rings. The summed E-state index contributed by atoms with van der Waals surface area (Å²) in [4.78, 5) is 0. The van der Waals surface area contributed by atoms with Crippen LogP contribution in [-0.4, -0.2) is 19.0 Å². The van der Waals surface area contributed by atoms with E-state index >= 15 is 0 Å². The third-order valence-electron chi connectivity index (χ3n) is 5.62. The molecule has 0 amide bonds. The van der Waals surface area contributed by atoms with Crippen LogP contribution in [0.25, 0.3) is 0 Å². The quantitative estimate of drug-likeness (QED) is 0.748. The molecule has 3 rings (SSSR count). The van der Waals surface area contributed by atoms with Gasteiger partial charge in [0, 0.05) is 11.8 Å². The van der Waals surface area contributed by atoms with Crippen LogP contribution >= 0.6 is 0 Å². The number of nitriles is 1. The number of benzene rings is 1. The molecule has 2 fully saturated rings. The van der Waals surface area contributed by atoms with E-state index in [0.717, 1.165) is 31.4 Å². The van der Waals surface area contributed by atoms with Crippen molar-refractivity contribution in [3.05, 3.63) is 48.0 Å². The second kappa shape index (κ2) is 7.96. The fourth-order valence-corrected chi connectivity index (χ4v) is 3.99. The van der Waals surface area contributed by atoms with E-state index in [-0.39, 0.29) is 12.4 Å². The van der Waals surface area contributed by atoms with Crippen LogP contribution in [0.4, 0.5) is 0 Å². The van der Waals surface area contributed by atoms with E-state index in [1.165, 1.54) is 18.4 Å². The summed E-state index contributed by atoms with van der Waals surface area (Å²) >= 11 is 0. The molecule has 1 saturated heterocycles. The Morgan fingerprint density at radius 1 is 1.21 bits per heavy atom. The van der Waals surface area contributed by atoms with Crippen molar-refractivity contribution < 1.29 is 9.47 Å². The fraction of sp³-hybridized carbons (Fsp3) is 0.571. The van der Waals surface area contributed by atoms with Gasteiger partial charge in [0.25, 0.3) is 0 Å². The Balaban J connectivity index is 1.52. The molecular formula is C21H27NO2. The Bertz CT molecular complexity index is 581. The van der Waals surface area contributed by atoms with Crippen LogP contribution in [0.5, 0.6) is 0 Å². The summed E-state index contributed by atoms with van der Waals surface area (Å²) in [5.41, 5.74) is 2.09. The normalized spacial score (nSPS) is 33.6. The van der Waals surface area contributed by atoms with Gasteiger partial charge >= 0.3 is 0 Å². The summed E-state index contributed by atoms with van der Waals surface area (Å²) in [7, 11) is 0. The van der Waals surface area contributed by atoms with Crippen molar-refractivity contribution in [3.63, 3.8) is 0 Å². The van der Waals surface area contributed by atoms with Crippen molar-refractivity contribution in [2.75, 3.05) is 6.61 Å². The van der Waals surface area contributed by atoms with Gasteiger partial charge in [-0.2, -0.15) is 5.26 Å². The molecule has 128 valence electrons. The van der Waals surface area contributed by atoms with Gasteiger partial charge in [0.2, 0.25) is 0 Å². The zero-order valence-electron chi connectivity index (χ0n) is 14.5. The van der Waals surface area contributed by atoms with Crippen molar-refractivity contribution >= 4 is 0 Å². The van der Waals surface area contributed by atoms with E-state index in [4.69, 9.17) is 14.7 Å². The van der Waals surface area contributed by atoms with Gasteiger partial charge in [0.15, 0.2) is 6.29 Å². The lowest BCUT2D eigenvalue weighted by atomic mass is 9.78. The molecule has 0 bridgehead atoms. The highest BCUT2D eigenvalue weighted by Gasteiger charge is 2.35. The Morgan fingerprint density at radius 2 is 1.92 bits per heavy atom. The van der Waals surface area contributed by atoms with Crippen LogP contribution in [0.15, 0.2) is 36.9 Å². The van der Waals surface area contributed by atoms with Crippen LogP contribution in [0.2, 0.25) is 0 Å². The van der Waals surface area contributed by atoms with Gasteiger partial charge in [0.05, 0.1) is 24.3 Å². The van der Waals surface area contributed by atoms with E-state index in [0.29, 0.717) is 17.8 Å². The number of ether oxygens (including phenoxy) is 2. The van der Waals surface area contributed by atoms with E-state index in [1.54, 1.807) is 0 Å². The minimum Gasteiger partial charge on any atom is -0.352 e. The lowest BCUT2D eigenvalue weighted by molar-refractivity contribution is -0.255. The fourth-order valence-electron chi connectivity index (χ4n) is 3.99. The molecule has 3 unspecified atom stereocenters. The van der Waals surface area contributed by atoms with Gasteiger partial charge in [-0.1, -0.05) is 18.2 Å². The molecular weight excluding hydrogens is 298 g/mol. The summed E-state index contributed by atoms with van der Waals surface area (Å²) < 4.78 is 12.2. The molecule has 3 heteroatoms. The molecule has 0 spiro atoms. The molecule has 1 aromatic carbocycles. The molecule has 24 heavy (non-hydrogen) atoms. The molecule has 1 aromatic rings. The van der Waals surface area contributed by atoms with Gasteiger partial charge in [0.1, 0.15) is 0 Å². The first-order valence-electron chi connectivity index (χ1n) is 9.09. The standard InChI is InChI=1S/C21H27NO2/c1-3-4-20-14-23-21(24-15(20)2)19-11-9-18(10-12-19)17-7-5-16(13-22)6-8-17/h3,5-8,15,18-21H,1,4,9-12,14H2,2H3. The minimum absolute atomic E-state index is 0.0389. The molecule has 1 aliphatic heterocycles. The number of allylic oxidation sites excluding steroid dienone is 1. The van der Waals surface area contributed by atoms with Crippen LogP contribution in [0.3, 0.4) is 0 Å². The third kappa shape index (κ3) is 3.88. The average molecular weight is 325 g/mol. The molecule has 3 nitrogen and oxygen atoms in total. The minimum atomic E-state index is -0.0389. The van der Waals surface area contributed by atoms with Crippen LogP contribution in [0, 0.1) is 23.2 Å². The van der Waals surface area contributed by atoms with Crippen LogP contribution in [-0.2, 0) is 9.47 Å². The number of rotatable bonds is 4. The monoisotopic (exact) mass is 325 g/mol. The first kappa shape index (κ1) is 17.2. The van der Waals surface area contributed by atoms with Gasteiger partial charge in [-0.15, -0.1) is 6.58 Å². The molecule has 0 aromatic heterocycles. The third-order valence-corrected chi connectivity index (χ3v) is 5.62. The molecule has 1 saturated carbocycles. The molecule has 1 aliphatic carbocycles. The summed E-state index contributed by atoms with van der Waals surface area (Å²) in [6.45, 7) is 6.76.